The Morgan fingerprint density at radius 1 is 1.27 bits per heavy atom. The first-order valence-electron chi connectivity index (χ1n) is 8.96. The number of nitrogens with two attached hydrogens (primary N) is 1. The molecule has 1 amide bonds. The van der Waals surface area contributed by atoms with Crippen LogP contribution in [-0.4, -0.2) is 57.3 Å². The second-order valence-corrected chi connectivity index (χ2v) is 7.13. The molecule has 1 aliphatic heterocycles. The maximum atomic E-state index is 12.4. The predicted molar refractivity (Wildman–Crippen MR) is 107 cm³/mol. The van der Waals surface area contributed by atoms with Crippen LogP contribution in [0.3, 0.4) is 0 Å². The first-order valence-corrected chi connectivity index (χ1v) is 9.34. The molecule has 0 bridgehead atoms. The predicted octanol–water partition coefficient (Wildman–Crippen LogP) is 2.57. The number of nitrogens with zero attached hydrogens (tertiary/aromatic N) is 4. The van der Waals surface area contributed by atoms with Crippen LogP contribution in [-0.2, 0) is 11.3 Å². The van der Waals surface area contributed by atoms with Crippen LogP contribution in [0.1, 0.15) is 31.9 Å². The number of imidazole rings is 1. The molecule has 1 saturated heterocycles. The van der Waals surface area contributed by atoms with Crippen molar-refractivity contribution in [3.63, 3.8) is 0 Å². The highest BCUT2D eigenvalue weighted by molar-refractivity contribution is 6.30. The third kappa shape index (κ3) is 5.10. The van der Waals surface area contributed by atoms with Gasteiger partial charge in [0.2, 0.25) is 5.91 Å². The van der Waals surface area contributed by atoms with Crippen LogP contribution in [0.4, 0.5) is 0 Å². The van der Waals surface area contributed by atoms with Crippen molar-refractivity contribution in [2.45, 2.75) is 38.8 Å². The number of carbonyl (C=O) groups excluding carboxylic acids is 1. The van der Waals surface area contributed by atoms with Crippen molar-refractivity contribution in [2.24, 2.45) is 5.73 Å². The van der Waals surface area contributed by atoms with Gasteiger partial charge >= 0.3 is 0 Å². The number of hydrogen-bond donors (Lipinski definition) is 1. The largest absolute Gasteiger partial charge is 0.340 e. The fourth-order valence-electron chi connectivity index (χ4n) is 3.34. The van der Waals surface area contributed by atoms with Crippen LogP contribution in [0, 0.1) is 0 Å². The van der Waals surface area contributed by atoms with Gasteiger partial charge in [-0.2, -0.15) is 0 Å². The van der Waals surface area contributed by atoms with E-state index in [1.165, 1.54) is 0 Å². The Hall–Kier alpha value is -1.34. The van der Waals surface area contributed by atoms with Crippen LogP contribution < -0.4 is 5.73 Å². The van der Waals surface area contributed by atoms with Crippen LogP contribution in [0.5, 0.6) is 0 Å². The molecular weight excluding hydrogens is 373 g/mol. The van der Waals surface area contributed by atoms with E-state index in [4.69, 9.17) is 17.3 Å². The zero-order valence-electron chi connectivity index (χ0n) is 15.1. The number of hydrogen-bond acceptors (Lipinski definition) is 4. The van der Waals surface area contributed by atoms with Crippen molar-refractivity contribution < 1.29 is 4.79 Å². The van der Waals surface area contributed by atoms with Crippen LogP contribution in [0.25, 0.3) is 5.65 Å². The van der Waals surface area contributed by atoms with Gasteiger partial charge in [0, 0.05) is 45.1 Å². The van der Waals surface area contributed by atoms with Crippen molar-refractivity contribution in [1.29, 1.82) is 0 Å². The third-order valence-electron chi connectivity index (χ3n) is 4.67. The SMILES string of the molecule is CCCC(N)C(=O)N1CCCN(Cc2cn3cc(Cl)ccc3n2)CC1.Cl. The molecule has 2 aromatic heterocycles. The van der Waals surface area contributed by atoms with E-state index in [2.05, 4.69) is 16.8 Å². The van der Waals surface area contributed by atoms with Gasteiger partial charge in [-0.1, -0.05) is 24.9 Å². The van der Waals surface area contributed by atoms with E-state index in [9.17, 15) is 4.79 Å². The molecule has 0 saturated carbocycles. The summed E-state index contributed by atoms with van der Waals surface area (Å²) in [6, 6.07) is 3.41. The van der Waals surface area contributed by atoms with Gasteiger partial charge in [0.05, 0.1) is 16.8 Å². The first-order chi connectivity index (χ1) is 12.1. The lowest BCUT2D eigenvalue weighted by Crippen LogP contribution is -2.45. The monoisotopic (exact) mass is 399 g/mol. The molecule has 0 aromatic carbocycles. The topological polar surface area (TPSA) is 66.9 Å². The second kappa shape index (κ2) is 9.55. The summed E-state index contributed by atoms with van der Waals surface area (Å²) in [6.07, 6.45) is 6.54. The van der Waals surface area contributed by atoms with Gasteiger partial charge < -0.3 is 15.0 Å². The molecule has 1 fully saturated rings. The zero-order chi connectivity index (χ0) is 17.8. The minimum absolute atomic E-state index is 0. The van der Waals surface area contributed by atoms with Crippen LogP contribution in [0.2, 0.25) is 5.02 Å². The molecular formula is C18H27Cl2N5O. The first kappa shape index (κ1) is 21.0. The summed E-state index contributed by atoms with van der Waals surface area (Å²) in [4.78, 5) is 21.3. The minimum atomic E-state index is -0.361. The summed E-state index contributed by atoms with van der Waals surface area (Å²) < 4.78 is 1.95. The number of carbonyl (C=O) groups is 1. The quantitative estimate of drug-likeness (QED) is 0.838. The van der Waals surface area contributed by atoms with Crippen LogP contribution in [0.15, 0.2) is 24.5 Å². The van der Waals surface area contributed by atoms with Crippen LogP contribution >= 0.6 is 24.0 Å². The molecule has 1 atom stereocenters. The lowest BCUT2D eigenvalue weighted by molar-refractivity contribution is -0.132. The second-order valence-electron chi connectivity index (χ2n) is 6.70. The van der Waals surface area contributed by atoms with Crippen molar-refractivity contribution >= 4 is 35.6 Å². The Labute approximate surface area is 165 Å². The number of fused-ring (bicyclic) bond motifs is 1. The molecule has 0 spiro atoms. The molecule has 0 radical (unpaired) electrons. The fourth-order valence-corrected chi connectivity index (χ4v) is 3.51. The van der Waals surface area contributed by atoms with Gasteiger partial charge in [0.25, 0.3) is 0 Å². The summed E-state index contributed by atoms with van der Waals surface area (Å²) in [7, 11) is 0. The number of aromatic nitrogens is 2. The Morgan fingerprint density at radius 3 is 2.85 bits per heavy atom. The molecule has 1 unspecified atom stereocenters. The van der Waals surface area contributed by atoms with Gasteiger partial charge in [-0.15, -0.1) is 12.4 Å². The number of amides is 1. The minimum Gasteiger partial charge on any atom is -0.340 e. The van der Waals surface area contributed by atoms with E-state index in [1.54, 1.807) is 0 Å². The van der Waals surface area contributed by atoms with Crippen molar-refractivity contribution in [3.8, 4) is 0 Å². The fraction of sp³-hybridized carbons (Fsp3) is 0.556. The number of halogens is 2. The average Bonchev–Trinajstić information content (AvgIpc) is 2.82. The number of pyridine rings is 1. The smallest absolute Gasteiger partial charge is 0.239 e. The van der Waals surface area contributed by atoms with E-state index in [1.807, 2.05) is 33.8 Å². The molecule has 2 aromatic rings. The third-order valence-corrected chi connectivity index (χ3v) is 4.89. The molecule has 1 aliphatic rings. The molecule has 2 N–H and O–H groups in total. The highest BCUT2D eigenvalue weighted by Gasteiger charge is 2.23. The maximum Gasteiger partial charge on any atom is 0.239 e. The van der Waals surface area contributed by atoms with Gasteiger partial charge in [-0.3, -0.25) is 9.69 Å². The number of rotatable bonds is 5. The van der Waals surface area contributed by atoms with Gasteiger partial charge in [-0.25, -0.2) is 4.98 Å². The van der Waals surface area contributed by atoms with E-state index in [0.29, 0.717) is 5.02 Å². The van der Waals surface area contributed by atoms with E-state index >= 15 is 0 Å². The molecule has 26 heavy (non-hydrogen) atoms. The summed E-state index contributed by atoms with van der Waals surface area (Å²) in [6.45, 7) is 6.16. The Balaban J connectivity index is 0.00000243. The van der Waals surface area contributed by atoms with Crippen molar-refractivity contribution in [3.05, 3.63) is 35.2 Å². The summed E-state index contributed by atoms with van der Waals surface area (Å²) in [5.74, 6) is 0.0890. The van der Waals surface area contributed by atoms with Crippen molar-refractivity contribution in [1.82, 2.24) is 19.2 Å². The lowest BCUT2D eigenvalue weighted by atomic mass is 10.1. The molecule has 3 heterocycles. The van der Waals surface area contributed by atoms with Crippen molar-refractivity contribution in [2.75, 3.05) is 26.2 Å². The van der Waals surface area contributed by atoms with E-state index in [0.717, 1.165) is 63.3 Å². The van der Waals surface area contributed by atoms with Gasteiger partial charge in [-0.05, 0) is 25.0 Å². The molecule has 144 valence electrons. The molecule has 6 nitrogen and oxygen atoms in total. The molecule has 8 heteroatoms. The summed E-state index contributed by atoms with van der Waals surface area (Å²) >= 11 is 6.03. The Morgan fingerprint density at radius 2 is 2.08 bits per heavy atom. The highest BCUT2D eigenvalue weighted by Crippen LogP contribution is 2.14. The molecule has 3 rings (SSSR count). The van der Waals surface area contributed by atoms with E-state index in [-0.39, 0.29) is 24.4 Å². The Kier molecular flexibility index (Phi) is 7.70. The lowest BCUT2D eigenvalue weighted by Gasteiger charge is -2.24. The van der Waals surface area contributed by atoms with E-state index < -0.39 is 0 Å². The Bertz CT molecular complexity index is 735. The standard InChI is InChI=1S/C18H26ClN5O.ClH/c1-2-4-16(20)18(25)23-8-3-7-22(9-10-23)12-15-13-24-11-14(19)5-6-17(24)21-15;/h5-6,11,13,16H,2-4,7-10,12,20H2,1H3;1H. The maximum absolute atomic E-state index is 12.4. The average molecular weight is 400 g/mol. The summed E-state index contributed by atoms with van der Waals surface area (Å²) in [5, 5.41) is 0.698. The highest BCUT2D eigenvalue weighted by atomic mass is 35.5. The summed E-state index contributed by atoms with van der Waals surface area (Å²) in [5.41, 5.74) is 7.91. The van der Waals surface area contributed by atoms with Gasteiger partial charge in [0.15, 0.2) is 0 Å². The molecule has 0 aliphatic carbocycles. The van der Waals surface area contributed by atoms with Gasteiger partial charge in [0.1, 0.15) is 5.65 Å². The normalized spacial score (nSPS) is 17.0. The zero-order valence-corrected chi connectivity index (χ0v) is 16.7.